The van der Waals surface area contributed by atoms with Crippen LogP contribution in [-0.2, 0) is 0 Å². The van der Waals surface area contributed by atoms with E-state index < -0.39 is 0 Å². The SMILES string of the molecule is NC1CCCC2CN(c3ccc4nnnn4n3)CC12. The van der Waals surface area contributed by atoms with Crippen molar-refractivity contribution in [3.63, 3.8) is 0 Å². The summed E-state index contributed by atoms with van der Waals surface area (Å²) in [5, 5.41) is 15.8. The molecule has 3 unspecified atom stereocenters. The third kappa shape index (κ3) is 1.76. The highest BCUT2D eigenvalue weighted by Gasteiger charge is 2.39. The van der Waals surface area contributed by atoms with E-state index >= 15 is 0 Å². The summed E-state index contributed by atoms with van der Waals surface area (Å²) < 4.78 is 1.48. The van der Waals surface area contributed by atoms with Crippen molar-refractivity contribution in [3.05, 3.63) is 12.1 Å². The summed E-state index contributed by atoms with van der Waals surface area (Å²) in [6.07, 6.45) is 3.71. The Morgan fingerprint density at radius 3 is 3.05 bits per heavy atom. The lowest BCUT2D eigenvalue weighted by Gasteiger charge is -2.29. The molecule has 2 aromatic rings. The second kappa shape index (κ2) is 4.12. The number of hydrogen-bond acceptors (Lipinski definition) is 6. The van der Waals surface area contributed by atoms with Crippen LogP contribution in [0.4, 0.5) is 5.82 Å². The zero-order valence-corrected chi connectivity index (χ0v) is 10.7. The molecule has 2 aromatic heterocycles. The summed E-state index contributed by atoms with van der Waals surface area (Å²) in [5.74, 6) is 2.27. The van der Waals surface area contributed by atoms with Crippen LogP contribution in [0.25, 0.3) is 5.65 Å². The van der Waals surface area contributed by atoms with Crippen LogP contribution in [0.3, 0.4) is 0 Å². The first kappa shape index (κ1) is 11.1. The number of rotatable bonds is 1. The van der Waals surface area contributed by atoms with Gasteiger partial charge in [-0.3, -0.25) is 0 Å². The third-order valence-electron chi connectivity index (χ3n) is 4.53. The maximum Gasteiger partial charge on any atom is 0.200 e. The monoisotopic (exact) mass is 259 g/mol. The van der Waals surface area contributed by atoms with E-state index in [2.05, 4.69) is 25.5 Å². The minimum atomic E-state index is 0.348. The quantitative estimate of drug-likeness (QED) is 0.781. The lowest BCUT2D eigenvalue weighted by molar-refractivity contribution is 0.260. The Morgan fingerprint density at radius 2 is 2.16 bits per heavy atom. The van der Waals surface area contributed by atoms with Crippen LogP contribution in [0.15, 0.2) is 12.1 Å². The lowest BCUT2D eigenvalue weighted by Crippen LogP contribution is -2.38. The predicted molar refractivity (Wildman–Crippen MR) is 69.6 cm³/mol. The topological polar surface area (TPSA) is 85.2 Å². The minimum Gasteiger partial charge on any atom is -0.354 e. The third-order valence-corrected chi connectivity index (χ3v) is 4.53. The molecule has 19 heavy (non-hydrogen) atoms. The summed E-state index contributed by atoms with van der Waals surface area (Å²) in [4.78, 5) is 2.32. The van der Waals surface area contributed by atoms with Crippen molar-refractivity contribution in [2.75, 3.05) is 18.0 Å². The number of fused-ring (bicyclic) bond motifs is 2. The zero-order chi connectivity index (χ0) is 12.8. The van der Waals surface area contributed by atoms with Crippen LogP contribution >= 0.6 is 0 Å². The molecule has 3 atom stereocenters. The largest absolute Gasteiger partial charge is 0.354 e. The molecule has 7 heteroatoms. The van der Waals surface area contributed by atoms with Gasteiger partial charge in [0.2, 0.25) is 0 Å². The molecule has 2 N–H and O–H groups in total. The Hall–Kier alpha value is -1.76. The molecule has 0 spiro atoms. The Labute approximate surface area is 110 Å². The van der Waals surface area contributed by atoms with Gasteiger partial charge in [-0.1, -0.05) is 6.42 Å². The van der Waals surface area contributed by atoms with E-state index in [9.17, 15) is 0 Å². The van der Waals surface area contributed by atoms with Gasteiger partial charge in [-0.25, -0.2) is 0 Å². The second-order valence-electron chi connectivity index (χ2n) is 5.64. The van der Waals surface area contributed by atoms with Gasteiger partial charge in [0.25, 0.3) is 0 Å². The van der Waals surface area contributed by atoms with Gasteiger partial charge in [-0.2, -0.15) is 0 Å². The molecule has 1 aliphatic carbocycles. The number of tetrazole rings is 1. The molecule has 7 nitrogen and oxygen atoms in total. The van der Waals surface area contributed by atoms with Crippen LogP contribution < -0.4 is 10.6 Å². The van der Waals surface area contributed by atoms with Crippen molar-refractivity contribution in [1.82, 2.24) is 25.3 Å². The van der Waals surface area contributed by atoms with Gasteiger partial charge in [-0.15, -0.1) is 14.8 Å². The van der Waals surface area contributed by atoms with E-state index in [0.717, 1.165) is 31.2 Å². The number of hydrogen-bond donors (Lipinski definition) is 1. The molecule has 3 heterocycles. The fraction of sp³-hybridized carbons (Fsp3) is 0.667. The van der Waals surface area contributed by atoms with Crippen molar-refractivity contribution in [2.24, 2.45) is 17.6 Å². The standard InChI is InChI=1S/C12H17N7/c13-10-3-1-2-8-6-18(7-9(8)10)12-5-4-11-14-16-17-19(11)15-12/h4-5,8-10H,1-3,6-7,13H2. The summed E-state index contributed by atoms with van der Waals surface area (Å²) in [7, 11) is 0. The molecule has 4 rings (SSSR count). The molecule has 1 saturated heterocycles. The van der Waals surface area contributed by atoms with Crippen LogP contribution in [0.1, 0.15) is 19.3 Å². The van der Waals surface area contributed by atoms with Crippen LogP contribution in [0.2, 0.25) is 0 Å². The van der Waals surface area contributed by atoms with Crippen molar-refractivity contribution < 1.29 is 0 Å². The van der Waals surface area contributed by atoms with Gasteiger partial charge in [0.1, 0.15) is 0 Å². The summed E-state index contributed by atoms with van der Waals surface area (Å²) >= 11 is 0. The molecule has 100 valence electrons. The summed E-state index contributed by atoms with van der Waals surface area (Å²) in [6, 6.07) is 4.25. The van der Waals surface area contributed by atoms with Crippen LogP contribution in [-0.4, -0.2) is 44.4 Å². The summed E-state index contributed by atoms with van der Waals surface area (Å²) in [6.45, 7) is 2.06. The van der Waals surface area contributed by atoms with E-state index in [0.29, 0.717) is 17.6 Å². The summed E-state index contributed by atoms with van der Waals surface area (Å²) in [5.41, 5.74) is 6.93. The van der Waals surface area contributed by atoms with E-state index in [1.165, 1.54) is 17.5 Å². The molecule has 0 aromatic carbocycles. The maximum absolute atomic E-state index is 6.25. The Morgan fingerprint density at radius 1 is 1.21 bits per heavy atom. The number of nitrogens with zero attached hydrogens (tertiary/aromatic N) is 6. The first-order valence-corrected chi connectivity index (χ1v) is 6.87. The normalized spacial score (nSPS) is 30.8. The molecule has 2 aliphatic rings. The molecule has 0 amide bonds. The molecule has 0 radical (unpaired) electrons. The van der Waals surface area contributed by atoms with Crippen LogP contribution in [0.5, 0.6) is 0 Å². The number of anilines is 1. The number of nitrogens with two attached hydrogens (primary N) is 1. The first-order valence-electron chi connectivity index (χ1n) is 6.87. The van der Waals surface area contributed by atoms with Crippen molar-refractivity contribution >= 4 is 11.5 Å². The van der Waals surface area contributed by atoms with Gasteiger partial charge in [0.15, 0.2) is 11.5 Å². The fourth-order valence-electron chi connectivity index (χ4n) is 3.51. The average molecular weight is 259 g/mol. The van der Waals surface area contributed by atoms with Crippen LogP contribution in [0, 0.1) is 11.8 Å². The minimum absolute atomic E-state index is 0.348. The van der Waals surface area contributed by atoms with Gasteiger partial charge in [0, 0.05) is 19.1 Å². The molecule has 1 saturated carbocycles. The van der Waals surface area contributed by atoms with E-state index in [1.807, 2.05) is 12.1 Å². The molecule has 2 fully saturated rings. The maximum atomic E-state index is 6.25. The Bertz CT molecular complexity index is 595. The Kier molecular flexibility index (Phi) is 2.41. The predicted octanol–water partition coefficient (Wildman–Crippen LogP) is 0.0829. The van der Waals surface area contributed by atoms with Crippen molar-refractivity contribution in [3.8, 4) is 0 Å². The fourth-order valence-corrected chi connectivity index (χ4v) is 3.51. The van der Waals surface area contributed by atoms with Gasteiger partial charge in [-0.05, 0) is 47.2 Å². The van der Waals surface area contributed by atoms with Crippen molar-refractivity contribution in [2.45, 2.75) is 25.3 Å². The second-order valence-corrected chi connectivity index (χ2v) is 5.64. The average Bonchev–Trinajstić information content (AvgIpc) is 3.04. The molecule has 1 aliphatic heterocycles. The van der Waals surface area contributed by atoms with Crippen molar-refractivity contribution in [1.29, 1.82) is 0 Å². The van der Waals surface area contributed by atoms with E-state index in [4.69, 9.17) is 5.73 Å². The Balaban J connectivity index is 1.62. The highest BCUT2D eigenvalue weighted by molar-refractivity contribution is 5.45. The van der Waals surface area contributed by atoms with Gasteiger partial charge in [0.05, 0.1) is 0 Å². The lowest BCUT2D eigenvalue weighted by atomic mass is 9.78. The molecular weight excluding hydrogens is 242 g/mol. The first-order chi connectivity index (χ1) is 9.31. The van der Waals surface area contributed by atoms with Gasteiger partial charge < -0.3 is 10.6 Å². The smallest absolute Gasteiger partial charge is 0.200 e. The zero-order valence-electron chi connectivity index (χ0n) is 10.7. The van der Waals surface area contributed by atoms with E-state index in [1.54, 1.807) is 0 Å². The van der Waals surface area contributed by atoms with Gasteiger partial charge >= 0.3 is 0 Å². The molecular formula is C12H17N7. The van der Waals surface area contributed by atoms with E-state index in [-0.39, 0.29) is 0 Å². The number of aromatic nitrogens is 5. The molecule has 0 bridgehead atoms. The highest BCUT2D eigenvalue weighted by Crippen LogP contribution is 2.36. The highest BCUT2D eigenvalue weighted by atomic mass is 15.6.